The Kier molecular flexibility index (Phi) is 4.88. The van der Waals surface area contributed by atoms with Crippen molar-refractivity contribution in [2.75, 3.05) is 18.4 Å². The maximum absolute atomic E-state index is 13.3. The first-order valence-corrected chi connectivity index (χ1v) is 12.6. The van der Waals surface area contributed by atoms with Gasteiger partial charge in [-0.2, -0.15) is 5.10 Å². The second kappa shape index (κ2) is 7.52. The van der Waals surface area contributed by atoms with Crippen LogP contribution < -0.4 is 11.1 Å². The number of halogens is 1. The monoisotopic (exact) mass is 482 g/mol. The molecule has 0 spiro atoms. The van der Waals surface area contributed by atoms with Crippen molar-refractivity contribution in [1.29, 1.82) is 0 Å². The van der Waals surface area contributed by atoms with E-state index in [4.69, 9.17) is 17.3 Å². The molecule has 5 fully saturated rings. The fourth-order valence-corrected chi connectivity index (χ4v) is 7.32. The number of hydrogen-bond acceptors (Lipinski definition) is 5. The zero-order valence-electron chi connectivity index (χ0n) is 19.8. The average Bonchev–Trinajstić information content (AvgIpc) is 3.53. The predicted octanol–water partition coefficient (Wildman–Crippen LogP) is 2.81. The number of piperidine rings is 2. The Balaban J connectivity index is 1.17. The summed E-state index contributed by atoms with van der Waals surface area (Å²) in [6, 6.07) is 1.40. The van der Waals surface area contributed by atoms with E-state index in [9.17, 15) is 9.59 Å². The second-order valence-electron chi connectivity index (χ2n) is 11.5. The highest BCUT2D eigenvalue weighted by molar-refractivity contribution is 6.33. The maximum Gasteiger partial charge on any atom is 0.239 e. The van der Waals surface area contributed by atoms with Crippen molar-refractivity contribution < 1.29 is 9.59 Å². The Bertz CT molecular complexity index is 1180. The Morgan fingerprint density at radius 2 is 1.94 bits per heavy atom. The van der Waals surface area contributed by atoms with Gasteiger partial charge in [-0.05, 0) is 54.9 Å². The number of hydrogen-bond donors (Lipinski definition) is 2. The van der Waals surface area contributed by atoms with Crippen LogP contribution in [0.3, 0.4) is 0 Å². The molecule has 6 atom stereocenters. The number of nitrogens with one attached hydrogen (secondary N) is 1. The van der Waals surface area contributed by atoms with Crippen LogP contribution in [-0.4, -0.2) is 50.6 Å². The number of nitrogens with zero attached hydrogens (tertiary/aromatic N) is 4. The fraction of sp³-hybridized carbons (Fsp3) is 0.600. The number of fused-ring (bicyclic) bond motifs is 4. The summed E-state index contributed by atoms with van der Waals surface area (Å²) in [5.41, 5.74) is 8.99. The molecule has 180 valence electrons. The highest BCUT2D eigenvalue weighted by Gasteiger charge is 2.65. The van der Waals surface area contributed by atoms with E-state index in [1.165, 1.54) is 5.69 Å². The minimum atomic E-state index is -0.470. The SMILES string of the molecule is C[C@@H](N)C(=O)N1C[C@@H]2C3C(C(=O)Nc4cc(-c5cnn6c5CC(C)(C)C6)c(Cl)cn4)C[C@@H]2[C@H]3C1. The lowest BCUT2D eigenvalue weighted by Gasteiger charge is -2.54. The summed E-state index contributed by atoms with van der Waals surface area (Å²) in [5, 5.41) is 8.17. The predicted molar refractivity (Wildman–Crippen MR) is 129 cm³/mol. The summed E-state index contributed by atoms with van der Waals surface area (Å²) in [6.07, 6.45) is 5.29. The minimum Gasteiger partial charge on any atom is -0.341 e. The molecule has 3 saturated carbocycles. The van der Waals surface area contributed by atoms with Gasteiger partial charge in [0.25, 0.3) is 0 Å². The molecular weight excluding hydrogens is 452 g/mol. The molecule has 8 nitrogen and oxygen atoms in total. The molecule has 2 amide bonds. The lowest BCUT2D eigenvalue weighted by atomic mass is 9.59. The molecule has 34 heavy (non-hydrogen) atoms. The number of aromatic nitrogens is 3. The topological polar surface area (TPSA) is 106 Å². The summed E-state index contributed by atoms with van der Waals surface area (Å²) in [7, 11) is 0. The van der Waals surface area contributed by atoms with Gasteiger partial charge in [-0.1, -0.05) is 25.4 Å². The summed E-state index contributed by atoms with van der Waals surface area (Å²) in [5.74, 6) is 2.21. The lowest BCUT2D eigenvalue weighted by molar-refractivity contribution is -0.146. The van der Waals surface area contributed by atoms with Gasteiger partial charge in [0, 0.05) is 48.6 Å². The normalized spacial score (nSPS) is 31.1. The van der Waals surface area contributed by atoms with E-state index >= 15 is 0 Å². The molecule has 9 heteroatoms. The largest absolute Gasteiger partial charge is 0.341 e. The molecule has 2 aromatic rings. The fourth-order valence-electron chi connectivity index (χ4n) is 7.11. The summed E-state index contributed by atoms with van der Waals surface area (Å²) in [4.78, 5) is 31.9. The third kappa shape index (κ3) is 3.29. The number of pyridine rings is 1. The first-order chi connectivity index (χ1) is 16.1. The summed E-state index contributed by atoms with van der Waals surface area (Å²) >= 11 is 6.53. The van der Waals surface area contributed by atoms with Gasteiger partial charge in [0.1, 0.15) is 5.82 Å². The van der Waals surface area contributed by atoms with Crippen LogP contribution in [0.4, 0.5) is 5.82 Å². The molecule has 2 aromatic heterocycles. The lowest BCUT2D eigenvalue weighted by Crippen LogP contribution is -2.61. The zero-order valence-corrected chi connectivity index (χ0v) is 20.5. The minimum absolute atomic E-state index is 0.0164. The van der Waals surface area contributed by atoms with Crippen molar-refractivity contribution in [3.05, 3.63) is 29.2 Å². The molecule has 8 rings (SSSR count). The van der Waals surface area contributed by atoms with Crippen LogP contribution in [0.15, 0.2) is 18.5 Å². The molecule has 4 bridgehead atoms. The molecular formula is C25H31ClN6O2. The van der Waals surface area contributed by atoms with E-state index < -0.39 is 6.04 Å². The van der Waals surface area contributed by atoms with E-state index in [0.29, 0.717) is 34.5 Å². The average molecular weight is 483 g/mol. The molecule has 3 aliphatic carbocycles. The van der Waals surface area contributed by atoms with E-state index in [0.717, 1.165) is 43.6 Å². The highest BCUT2D eigenvalue weighted by atomic mass is 35.5. The molecule has 3 aliphatic heterocycles. The summed E-state index contributed by atoms with van der Waals surface area (Å²) in [6.45, 7) is 8.54. The molecule has 0 aromatic carbocycles. The van der Waals surface area contributed by atoms with Crippen LogP contribution in [0.1, 0.15) is 32.9 Å². The molecule has 0 radical (unpaired) electrons. The van der Waals surface area contributed by atoms with Gasteiger partial charge < -0.3 is 16.0 Å². The van der Waals surface area contributed by atoms with Gasteiger partial charge in [0.2, 0.25) is 11.8 Å². The van der Waals surface area contributed by atoms with Gasteiger partial charge >= 0.3 is 0 Å². The molecule has 2 saturated heterocycles. The Morgan fingerprint density at radius 1 is 1.21 bits per heavy atom. The smallest absolute Gasteiger partial charge is 0.239 e. The molecule has 5 heterocycles. The van der Waals surface area contributed by atoms with E-state index in [1.807, 2.05) is 21.8 Å². The summed E-state index contributed by atoms with van der Waals surface area (Å²) < 4.78 is 2.05. The van der Waals surface area contributed by atoms with Crippen molar-refractivity contribution in [2.24, 2.45) is 40.7 Å². The van der Waals surface area contributed by atoms with E-state index in [1.54, 1.807) is 13.1 Å². The first kappa shape index (κ1) is 22.0. The maximum atomic E-state index is 13.3. The van der Waals surface area contributed by atoms with Gasteiger partial charge in [0.05, 0.1) is 17.3 Å². The van der Waals surface area contributed by atoms with Crippen LogP contribution in [0.5, 0.6) is 0 Å². The Morgan fingerprint density at radius 3 is 2.65 bits per heavy atom. The molecule has 3 N–H and O–H groups in total. The Hall–Kier alpha value is -2.45. The number of carbonyl (C=O) groups excluding carboxylic acids is 2. The Labute approximate surface area is 204 Å². The van der Waals surface area contributed by atoms with Crippen LogP contribution in [-0.2, 0) is 22.6 Å². The van der Waals surface area contributed by atoms with Gasteiger partial charge in [0.15, 0.2) is 0 Å². The van der Waals surface area contributed by atoms with Crippen molar-refractivity contribution in [3.8, 4) is 11.1 Å². The van der Waals surface area contributed by atoms with Gasteiger partial charge in [-0.15, -0.1) is 0 Å². The number of rotatable bonds is 4. The number of anilines is 1. The van der Waals surface area contributed by atoms with Gasteiger partial charge in [-0.25, -0.2) is 4.98 Å². The second-order valence-corrected chi connectivity index (χ2v) is 11.9. The van der Waals surface area contributed by atoms with Crippen molar-refractivity contribution >= 4 is 29.2 Å². The molecule has 6 aliphatic rings. The number of amides is 2. The van der Waals surface area contributed by atoms with Crippen LogP contribution in [0, 0.1) is 35.0 Å². The van der Waals surface area contributed by atoms with Crippen LogP contribution in [0.25, 0.3) is 11.1 Å². The third-order valence-electron chi connectivity index (χ3n) is 8.55. The number of nitrogens with two attached hydrogens (primary N) is 1. The third-order valence-corrected chi connectivity index (χ3v) is 8.85. The number of carbonyl (C=O) groups is 2. The standard InChI is InChI=1S/C25H31ClN6O2/c1-12(27)24(34)31-9-17-13-4-15(22(17)18(13)10-31)23(33)30-21-5-14(19(26)8-28-21)16-7-29-32-11-25(2,3)6-20(16)32/h5,7-8,12-13,15,17-18,22H,4,6,9-11,27H2,1-3H3,(H,28,30,33)/t12-,13-,15?,17-,18+,22?/m1/s1. The highest BCUT2D eigenvalue weighted by Crippen LogP contribution is 2.63. The van der Waals surface area contributed by atoms with Crippen molar-refractivity contribution in [2.45, 2.75) is 46.2 Å². The molecule has 2 unspecified atom stereocenters. The van der Waals surface area contributed by atoms with E-state index in [-0.39, 0.29) is 23.1 Å². The van der Waals surface area contributed by atoms with Gasteiger partial charge in [-0.3, -0.25) is 14.3 Å². The van der Waals surface area contributed by atoms with Crippen LogP contribution in [0.2, 0.25) is 5.02 Å². The van der Waals surface area contributed by atoms with Crippen molar-refractivity contribution in [1.82, 2.24) is 19.7 Å². The van der Waals surface area contributed by atoms with Crippen molar-refractivity contribution in [3.63, 3.8) is 0 Å². The first-order valence-electron chi connectivity index (χ1n) is 12.2. The van der Waals surface area contributed by atoms with E-state index in [2.05, 4.69) is 29.2 Å². The zero-order chi connectivity index (χ0) is 23.9. The quantitative estimate of drug-likeness (QED) is 0.697. The van der Waals surface area contributed by atoms with Crippen LogP contribution >= 0.6 is 11.6 Å².